The van der Waals surface area contributed by atoms with E-state index in [-0.39, 0.29) is 12.0 Å². The summed E-state index contributed by atoms with van der Waals surface area (Å²) in [5.41, 5.74) is -0.558. The van der Waals surface area contributed by atoms with Gasteiger partial charge >= 0.3 is 12.1 Å². The number of aliphatic carboxylic acids is 1. The lowest BCUT2D eigenvalue weighted by Crippen LogP contribution is -2.39. The molecule has 0 aliphatic carbocycles. The van der Waals surface area contributed by atoms with E-state index in [2.05, 4.69) is 19.2 Å². The zero-order valence-electron chi connectivity index (χ0n) is 14.8. The number of hydrogen-bond acceptors (Lipinski definition) is 3. The van der Waals surface area contributed by atoms with Gasteiger partial charge in [0.25, 0.3) is 0 Å². The van der Waals surface area contributed by atoms with E-state index in [1.165, 1.54) is 0 Å². The van der Waals surface area contributed by atoms with Gasteiger partial charge in [0, 0.05) is 0 Å². The zero-order valence-corrected chi connectivity index (χ0v) is 14.8. The molecule has 0 aliphatic heterocycles. The van der Waals surface area contributed by atoms with Crippen molar-refractivity contribution in [3.63, 3.8) is 0 Å². The Morgan fingerprint density at radius 3 is 2.05 bits per heavy atom. The first-order valence-electron chi connectivity index (χ1n) is 7.83. The van der Waals surface area contributed by atoms with Gasteiger partial charge in [-0.25, -0.2) is 4.79 Å². The summed E-state index contributed by atoms with van der Waals surface area (Å²) in [5, 5.41) is 12.0. The Hall–Kier alpha value is -1.52. The van der Waals surface area contributed by atoms with Gasteiger partial charge in [0.1, 0.15) is 5.60 Å². The Bertz CT molecular complexity index is 394. The van der Waals surface area contributed by atoms with Crippen molar-refractivity contribution in [1.29, 1.82) is 0 Å². The fraction of sp³-hybridized carbons (Fsp3) is 0.765. The fourth-order valence-electron chi connectivity index (χ4n) is 2.00. The molecule has 2 atom stereocenters. The van der Waals surface area contributed by atoms with Crippen LogP contribution in [0.25, 0.3) is 0 Å². The van der Waals surface area contributed by atoms with E-state index >= 15 is 0 Å². The van der Waals surface area contributed by atoms with E-state index in [4.69, 9.17) is 4.74 Å². The predicted octanol–water partition coefficient (Wildman–Crippen LogP) is 3.84. The van der Waals surface area contributed by atoms with Crippen LogP contribution in [0, 0.1) is 17.8 Å². The van der Waals surface area contributed by atoms with E-state index in [1.54, 1.807) is 32.9 Å². The second-order valence-corrected chi connectivity index (χ2v) is 7.38. The smallest absolute Gasteiger partial charge is 0.408 e. The molecule has 5 heteroatoms. The highest BCUT2D eigenvalue weighted by molar-refractivity contribution is 5.72. The molecule has 0 heterocycles. The van der Waals surface area contributed by atoms with Gasteiger partial charge in [-0.1, -0.05) is 39.8 Å². The minimum atomic E-state index is -0.855. The minimum absolute atomic E-state index is 0.00465. The SMILES string of the molecule is CC(C)CC(/C=C/C(C(=O)O)C(C)C)NC(=O)OC(C)(C)C. The Morgan fingerprint density at radius 2 is 1.68 bits per heavy atom. The van der Waals surface area contributed by atoms with Gasteiger partial charge < -0.3 is 15.2 Å². The quantitative estimate of drug-likeness (QED) is 0.700. The number of carbonyl (C=O) groups excluding carboxylic acids is 1. The molecule has 0 bridgehead atoms. The van der Waals surface area contributed by atoms with Crippen molar-refractivity contribution in [2.75, 3.05) is 0 Å². The standard InChI is InChI=1S/C17H31NO4/c1-11(2)10-13(18-16(21)22-17(5,6)7)8-9-14(12(3)4)15(19)20/h8-9,11-14H,10H2,1-7H3,(H,18,21)(H,19,20)/b9-8+. The van der Waals surface area contributed by atoms with Crippen LogP contribution < -0.4 is 5.32 Å². The van der Waals surface area contributed by atoms with Crippen LogP contribution in [0.2, 0.25) is 0 Å². The molecule has 128 valence electrons. The van der Waals surface area contributed by atoms with Gasteiger partial charge in [-0.15, -0.1) is 0 Å². The van der Waals surface area contributed by atoms with Crippen molar-refractivity contribution < 1.29 is 19.4 Å². The Morgan fingerprint density at radius 1 is 1.14 bits per heavy atom. The van der Waals surface area contributed by atoms with Crippen LogP contribution in [0.15, 0.2) is 12.2 Å². The van der Waals surface area contributed by atoms with E-state index in [0.29, 0.717) is 5.92 Å². The molecule has 1 amide bonds. The van der Waals surface area contributed by atoms with Crippen LogP contribution in [0.3, 0.4) is 0 Å². The van der Waals surface area contributed by atoms with Crippen LogP contribution in [0.1, 0.15) is 54.9 Å². The first kappa shape index (κ1) is 20.5. The highest BCUT2D eigenvalue weighted by atomic mass is 16.6. The second-order valence-electron chi connectivity index (χ2n) is 7.38. The number of hydrogen-bond donors (Lipinski definition) is 2. The van der Waals surface area contributed by atoms with Crippen LogP contribution in [-0.2, 0) is 9.53 Å². The van der Waals surface area contributed by atoms with Crippen molar-refractivity contribution in [1.82, 2.24) is 5.32 Å². The molecule has 0 aromatic rings. The normalized spacial score (nSPS) is 15.1. The maximum Gasteiger partial charge on any atom is 0.408 e. The number of rotatable bonds is 7. The predicted molar refractivity (Wildman–Crippen MR) is 87.7 cm³/mol. The number of carboxylic acid groups (broad SMARTS) is 1. The van der Waals surface area contributed by atoms with Crippen molar-refractivity contribution in [3.8, 4) is 0 Å². The number of carbonyl (C=O) groups is 2. The molecule has 0 fully saturated rings. The van der Waals surface area contributed by atoms with Crippen LogP contribution >= 0.6 is 0 Å². The maximum absolute atomic E-state index is 11.9. The molecule has 0 saturated heterocycles. The lowest BCUT2D eigenvalue weighted by Gasteiger charge is -2.23. The molecule has 2 unspecified atom stereocenters. The number of ether oxygens (including phenoxy) is 1. The molecule has 0 aliphatic rings. The van der Waals surface area contributed by atoms with Gasteiger partial charge in [0.15, 0.2) is 0 Å². The molecule has 2 N–H and O–H groups in total. The minimum Gasteiger partial charge on any atom is -0.481 e. The van der Waals surface area contributed by atoms with Gasteiger partial charge in [0.05, 0.1) is 12.0 Å². The monoisotopic (exact) mass is 313 g/mol. The van der Waals surface area contributed by atoms with Gasteiger partial charge in [0.2, 0.25) is 0 Å². The van der Waals surface area contributed by atoms with Crippen molar-refractivity contribution in [2.24, 2.45) is 17.8 Å². The highest BCUT2D eigenvalue weighted by Crippen LogP contribution is 2.15. The fourth-order valence-corrected chi connectivity index (χ4v) is 2.00. The molecule has 5 nitrogen and oxygen atoms in total. The van der Waals surface area contributed by atoms with Gasteiger partial charge in [-0.2, -0.15) is 0 Å². The summed E-state index contributed by atoms with van der Waals surface area (Å²) in [5.74, 6) is -1.05. The molecule has 0 aromatic carbocycles. The van der Waals surface area contributed by atoms with Gasteiger partial charge in [-0.3, -0.25) is 4.79 Å². The average Bonchev–Trinajstić information content (AvgIpc) is 2.23. The number of alkyl carbamates (subject to hydrolysis) is 1. The summed E-state index contributed by atoms with van der Waals surface area (Å²) in [7, 11) is 0. The van der Waals surface area contributed by atoms with Crippen LogP contribution in [0.5, 0.6) is 0 Å². The first-order valence-corrected chi connectivity index (χ1v) is 7.83. The summed E-state index contributed by atoms with van der Waals surface area (Å²) in [6.07, 6.45) is 3.67. The molecule has 0 radical (unpaired) electrons. The van der Waals surface area contributed by atoms with Gasteiger partial charge in [-0.05, 0) is 39.0 Å². The van der Waals surface area contributed by atoms with Crippen molar-refractivity contribution in [2.45, 2.75) is 66.5 Å². The number of carboxylic acids is 1. The summed E-state index contributed by atoms with van der Waals surface area (Å²) >= 11 is 0. The largest absolute Gasteiger partial charge is 0.481 e. The molecule has 0 rings (SSSR count). The number of nitrogens with one attached hydrogen (secondary N) is 1. The summed E-state index contributed by atoms with van der Waals surface area (Å²) in [6.45, 7) is 13.2. The highest BCUT2D eigenvalue weighted by Gasteiger charge is 2.21. The molecule has 0 saturated carbocycles. The average molecular weight is 313 g/mol. The van der Waals surface area contributed by atoms with E-state index in [1.807, 2.05) is 13.8 Å². The Kier molecular flexibility index (Phi) is 8.20. The van der Waals surface area contributed by atoms with Crippen molar-refractivity contribution >= 4 is 12.1 Å². The van der Waals surface area contributed by atoms with E-state index in [0.717, 1.165) is 6.42 Å². The molecular weight excluding hydrogens is 282 g/mol. The molecule has 22 heavy (non-hydrogen) atoms. The lowest BCUT2D eigenvalue weighted by molar-refractivity contribution is -0.141. The summed E-state index contributed by atoms with van der Waals surface area (Å²) in [6, 6.07) is -0.240. The Balaban J connectivity index is 4.91. The summed E-state index contributed by atoms with van der Waals surface area (Å²) in [4.78, 5) is 23.1. The Labute approximate surface area is 134 Å². The molecular formula is C17H31NO4. The zero-order chi connectivity index (χ0) is 17.5. The van der Waals surface area contributed by atoms with Crippen LogP contribution in [-0.4, -0.2) is 28.8 Å². The third-order valence-corrected chi connectivity index (χ3v) is 2.98. The van der Waals surface area contributed by atoms with E-state index in [9.17, 15) is 14.7 Å². The lowest BCUT2D eigenvalue weighted by atomic mass is 9.94. The van der Waals surface area contributed by atoms with Crippen LogP contribution in [0.4, 0.5) is 4.79 Å². The second kappa shape index (κ2) is 8.81. The molecule has 0 spiro atoms. The third-order valence-electron chi connectivity index (χ3n) is 2.98. The molecule has 0 aromatic heterocycles. The maximum atomic E-state index is 11.9. The van der Waals surface area contributed by atoms with Crippen molar-refractivity contribution in [3.05, 3.63) is 12.2 Å². The van der Waals surface area contributed by atoms with E-state index < -0.39 is 23.6 Å². The first-order chi connectivity index (χ1) is 9.92. The third kappa shape index (κ3) is 9.42. The summed E-state index contributed by atoms with van der Waals surface area (Å²) < 4.78 is 5.25. The topological polar surface area (TPSA) is 75.6 Å². The number of amides is 1.